The average molecular weight is 399 g/mol. The number of hydrogen-bond acceptors (Lipinski definition) is 7. The molecule has 0 aliphatic heterocycles. The van der Waals surface area contributed by atoms with E-state index in [0.29, 0.717) is 41.7 Å². The molecule has 0 amide bonds. The highest BCUT2D eigenvalue weighted by molar-refractivity contribution is 5.56. The highest BCUT2D eigenvalue weighted by atomic mass is 15.3. The van der Waals surface area contributed by atoms with Gasteiger partial charge in [0.05, 0.1) is 17.1 Å². The van der Waals surface area contributed by atoms with Crippen molar-refractivity contribution in [1.29, 1.82) is 5.26 Å². The maximum Gasteiger partial charge on any atom is 0.175 e. The van der Waals surface area contributed by atoms with Gasteiger partial charge < -0.3 is 11.1 Å². The molecule has 0 saturated heterocycles. The van der Waals surface area contributed by atoms with E-state index >= 15 is 0 Å². The zero-order valence-electron chi connectivity index (χ0n) is 16.5. The number of benzene rings is 1. The van der Waals surface area contributed by atoms with Crippen molar-refractivity contribution < 1.29 is 0 Å². The maximum atomic E-state index is 9.49. The van der Waals surface area contributed by atoms with Gasteiger partial charge in [0, 0.05) is 12.7 Å². The number of hydrogen-bond donors (Lipinski definition) is 2. The van der Waals surface area contributed by atoms with Crippen molar-refractivity contribution >= 4 is 11.6 Å². The monoisotopic (exact) mass is 399 g/mol. The lowest BCUT2D eigenvalue weighted by atomic mass is 10.1. The van der Waals surface area contributed by atoms with Crippen molar-refractivity contribution in [1.82, 2.24) is 29.8 Å². The van der Waals surface area contributed by atoms with E-state index in [1.165, 1.54) is 0 Å². The van der Waals surface area contributed by atoms with Crippen molar-refractivity contribution in [3.8, 4) is 17.6 Å². The quantitative estimate of drug-likeness (QED) is 0.458. The highest BCUT2D eigenvalue weighted by Crippen LogP contribution is 2.21. The van der Waals surface area contributed by atoms with E-state index in [-0.39, 0.29) is 0 Å². The fourth-order valence-corrected chi connectivity index (χ4v) is 3.10. The molecule has 0 atom stereocenters. The molecule has 0 aliphatic carbocycles. The van der Waals surface area contributed by atoms with Crippen LogP contribution in [0.1, 0.15) is 23.4 Å². The van der Waals surface area contributed by atoms with Gasteiger partial charge in [-0.3, -0.25) is 0 Å². The molecule has 0 unspecified atom stereocenters. The van der Waals surface area contributed by atoms with Crippen LogP contribution in [0.3, 0.4) is 0 Å². The molecule has 9 nitrogen and oxygen atoms in total. The van der Waals surface area contributed by atoms with E-state index in [4.69, 9.17) is 5.73 Å². The third-order valence-electron chi connectivity index (χ3n) is 4.61. The zero-order chi connectivity index (χ0) is 20.9. The largest absolute Gasteiger partial charge is 0.382 e. The standard InChI is InChI=1S/C21H21N9/c1-15-11-13-29(27-15)20-10-9-19(25-26-20)24-12-5-8-18-17(14-22)21(23)30(28-18)16-6-3-2-4-7-16/h2-4,6-7,9-11,13H,5,8,12,23H2,1H3,(H,24,25). The summed E-state index contributed by atoms with van der Waals surface area (Å²) in [7, 11) is 0. The van der Waals surface area contributed by atoms with Crippen LogP contribution in [-0.4, -0.2) is 36.3 Å². The highest BCUT2D eigenvalue weighted by Gasteiger charge is 2.16. The first-order chi connectivity index (χ1) is 14.7. The van der Waals surface area contributed by atoms with Crippen LogP contribution in [0, 0.1) is 18.3 Å². The van der Waals surface area contributed by atoms with Crippen LogP contribution in [-0.2, 0) is 6.42 Å². The van der Waals surface area contributed by atoms with Crippen LogP contribution in [0.5, 0.6) is 0 Å². The third-order valence-corrected chi connectivity index (χ3v) is 4.61. The lowest BCUT2D eigenvalue weighted by Crippen LogP contribution is -2.07. The van der Waals surface area contributed by atoms with E-state index in [2.05, 4.69) is 31.8 Å². The number of nitrogens with zero attached hydrogens (tertiary/aromatic N) is 7. The molecule has 3 N–H and O–H groups in total. The Kier molecular flexibility index (Phi) is 5.39. The Labute approximate surface area is 173 Å². The molecule has 1 aromatic carbocycles. The molecule has 9 heteroatoms. The Morgan fingerprint density at radius 1 is 1.07 bits per heavy atom. The van der Waals surface area contributed by atoms with Gasteiger partial charge in [0.25, 0.3) is 0 Å². The summed E-state index contributed by atoms with van der Waals surface area (Å²) in [5.41, 5.74) is 9.02. The summed E-state index contributed by atoms with van der Waals surface area (Å²) in [6, 6.07) is 17.4. The molecule has 0 fully saturated rings. The van der Waals surface area contributed by atoms with Crippen LogP contribution >= 0.6 is 0 Å². The molecule has 0 radical (unpaired) electrons. The number of rotatable bonds is 7. The number of aryl methyl sites for hydroxylation is 2. The second-order valence-electron chi connectivity index (χ2n) is 6.77. The molecule has 0 spiro atoms. The Morgan fingerprint density at radius 2 is 1.90 bits per heavy atom. The molecular formula is C21H21N9. The summed E-state index contributed by atoms with van der Waals surface area (Å²) in [5, 5.41) is 30.0. The van der Waals surface area contributed by atoms with Crippen LogP contribution in [0.4, 0.5) is 11.6 Å². The van der Waals surface area contributed by atoms with E-state index in [9.17, 15) is 5.26 Å². The maximum absolute atomic E-state index is 9.49. The Bertz CT molecular complexity index is 1170. The predicted octanol–water partition coefficient (Wildman–Crippen LogP) is 2.65. The van der Waals surface area contributed by atoms with Crippen LogP contribution in [0.25, 0.3) is 11.5 Å². The molecule has 4 aromatic rings. The first-order valence-corrected chi connectivity index (χ1v) is 9.59. The van der Waals surface area contributed by atoms with Gasteiger partial charge in [-0.1, -0.05) is 18.2 Å². The molecule has 3 aromatic heterocycles. The van der Waals surface area contributed by atoms with Crippen LogP contribution in [0.2, 0.25) is 0 Å². The summed E-state index contributed by atoms with van der Waals surface area (Å²) in [4.78, 5) is 0. The summed E-state index contributed by atoms with van der Waals surface area (Å²) in [6.45, 7) is 2.59. The third kappa shape index (κ3) is 3.98. The number of nitrogens with one attached hydrogen (secondary N) is 1. The van der Waals surface area contributed by atoms with Gasteiger partial charge in [-0.2, -0.15) is 15.5 Å². The molecule has 150 valence electrons. The second kappa shape index (κ2) is 8.45. The van der Waals surface area contributed by atoms with Gasteiger partial charge in [0.1, 0.15) is 23.3 Å². The first-order valence-electron chi connectivity index (χ1n) is 9.59. The fourth-order valence-electron chi connectivity index (χ4n) is 3.10. The molecule has 3 heterocycles. The summed E-state index contributed by atoms with van der Waals surface area (Å²) in [6.07, 6.45) is 3.24. The number of nitriles is 1. The number of anilines is 2. The van der Waals surface area contributed by atoms with Gasteiger partial charge in [-0.15, -0.1) is 10.2 Å². The van der Waals surface area contributed by atoms with Gasteiger partial charge >= 0.3 is 0 Å². The van der Waals surface area contributed by atoms with Gasteiger partial charge in [-0.05, 0) is 50.1 Å². The zero-order valence-corrected chi connectivity index (χ0v) is 16.5. The Hall–Kier alpha value is -4.19. The first kappa shape index (κ1) is 19.1. The van der Waals surface area contributed by atoms with E-state index in [1.54, 1.807) is 9.36 Å². The predicted molar refractivity (Wildman–Crippen MR) is 113 cm³/mol. The van der Waals surface area contributed by atoms with E-state index < -0.39 is 0 Å². The topological polar surface area (TPSA) is 123 Å². The molecule has 4 rings (SSSR count). The minimum Gasteiger partial charge on any atom is -0.382 e. The number of nitrogens with two attached hydrogens (primary N) is 1. The average Bonchev–Trinajstić information content (AvgIpc) is 3.35. The molecule has 0 aliphatic rings. The van der Waals surface area contributed by atoms with Crippen LogP contribution in [0.15, 0.2) is 54.7 Å². The van der Waals surface area contributed by atoms with Gasteiger partial charge in [-0.25, -0.2) is 9.36 Å². The number of nitrogen functional groups attached to an aromatic ring is 1. The lowest BCUT2D eigenvalue weighted by Gasteiger charge is -2.05. The molecule has 0 saturated carbocycles. The SMILES string of the molecule is Cc1ccn(-c2ccc(NCCCc3nn(-c4ccccc4)c(N)c3C#N)nn2)n1. The molecular weight excluding hydrogens is 378 g/mol. The van der Waals surface area contributed by atoms with Crippen molar-refractivity contribution in [3.05, 3.63) is 71.7 Å². The van der Waals surface area contributed by atoms with Crippen molar-refractivity contribution in [3.63, 3.8) is 0 Å². The minimum atomic E-state index is 0.363. The summed E-state index contributed by atoms with van der Waals surface area (Å²) >= 11 is 0. The van der Waals surface area contributed by atoms with Gasteiger partial charge in [0.15, 0.2) is 5.82 Å². The fraction of sp³-hybridized carbons (Fsp3) is 0.190. The Morgan fingerprint density at radius 3 is 2.57 bits per heavy atom. The van der Waals surface area contributed by atoms with E-state index in [1.807, 2.05) is 61.7 Å². The lowest BCUT2D eigenvalue weighted by molar-refractivity contribution is 0.782. The number of para-hydroxylation sites is 1. The van der Waals surface area contributed by atoms with E-state index in [0.717, 1.165) is 17.8 Å². The second-order valence-corrected chi connectivity index (χ2v) is 6.77. The summed E-state index contributed by atoms with van der Waals surface area (Å²) < 4.78 is 3.30. The minimum absolute atomic E-state index is 0.363. The van der Waals surface area contributed by atoms with Gasteiger partial charge in [0.2, 0.25) is 0 Å². The molecule has 0 bridgehead atoms. The number of aromatic nitrogens is 6. The summed E-state index contributed by atoms with van der Waals surface area (Å²) in [5.74, 6) is 1.70. The molecule has 30 heavy (non-hydrogen) atoms. The normalized spacial score (nSPS) is 10.7. The smallest absolute Gasteiger partial charge is 0.175 e. The van der Waals surface area contributed by atoms with Crippen molar-refractivity contribution in [2.24, 2.45) is 0 Å². The van der Waals surface area contributed by atoms with Crippen molar-refractivity contribution in [2.45, 2.75) is 19.8 Å². The Balaban J connectivity index is 1.36. The van der Waals surface area contributed by atoms with Crippen LogP contribution < -0.4 is 11.1 Å². The van der Waals surface area contributed by atoms with Crippen molar-refractivity contribution in [2.75, 3.05) is 17.6 Å².